The van der Waals surface area contributed by atoms with E-state index >= 15 is 0 Å². The molecule has 0 radical (unpaired) electrons. The largest absolute Gasteiger partial charge is 0.313 e. The van der Waals surface area contributed by atoms with Gasteiger partial charge in [-0.2, -0.15) is 0 Å². The molecule has 0 aliphatic rings. The standard InChI is InChI=1S/C16H20N2S/c1-3-10-17-11-9-16-18-15(12-19-16)14-7-5-13(4-2)6-8-14/h3,5-8,12,17H,1,4,9-11H2,2H3. The van der Waals surface area contributed by atoms with Gasteiger partial charge in [0.15, 0.2) is 0 Å². The van der Waals surface area contributed by atoms with Crippen molar-refractivity contribution in [2.75, 3.05) is 13.1 Å². The molecule has 0 spiro atoms. The lowest BCUT2D eigenvalue weighted by Crippen LogP contribution is -2.16. The number of benzene rings is 1. The first-order valence-corrected chi connectivity index (χ1v) is 7.56. The Morgan fingerprint density at radius 2 is 2.11 bits per heavy atom. The van der Waals surface area contributed by atoms with E-state index in [-0.39, 0.29) is 0 Å². The zero-order chi connectivity index (χ0) is 13.5. The molecule has 1 aromatic heterocycles. The van der Waals surface area contributed by atoms with Gasteiger partial charge in [0, 0.05) is 30.5 Å². The zero-order valence-electron chi connectivity index (χ0n) is 11.4. The Morgan fingerprint density at radius 1 is 1.32 bits per heavy atom. The average Bonchev–Trinajstić information content (AvgIpc) is 2.92. The number of aromatic nitrogens is 1. The minimum absolute atomic E-state index is 0.858. The third-order valence-electron chi connectivity index (χ3n) is 3.01. The highest BCUT2D eigenvalue weighted by Crippen LogP contribution is 2.22. The van der Waals surface area contributed by atoms with Crippen molar-refractivity contribution in [2.45, 2.75) is 19.8 Å². The highest BCUT2D eigenvalue weighted by Gasteiger charge is 2.04. The van der Waals surface area contributed by atoms with Crippen molar-refractivity contribution < 1.29 is 0 Å². The van der Waals surface area contributed by atoms with Crippen LogP contribution in [0.3, 0.4) is 0 Å². The fraction of sp³-hybridized carbons (Fsp3) is 0.312. The van der Waals surface area contributed by atoms with Crippen LogP contribution in [0.1, 0.15) is 17.5 Å². The molecule has 0 saturated heterocycles. The van der Waals surface area contributed by atoms with E-state index in [0.717, 1.165) is 31.6 Å². The molecule has 0 atom stereocenters. The summed E-state index contributed by atoms with van der Waals surface area (Å²) >= 11 is 1.74. The summed E-state index contributed by atoms with van der Waals surface area (Å²) in [5.74, 6) is 0. The SMILES string of the molecule is C=CCNCCc1nc(-c2ccc(CC)cc2)cs1. The van der Waals surface area contributed by atoms with Crippen LogP contribution < -0.4 is 5.32 Å². The normalized spacial score (nSPS) is 10.6. The van der Waals surface area contributed by atoms with Crippen molar-refractivity contribution in [2.24, 2.45) is 0 Å². The molecule has 0 aliphatic heterocycles. The molecule has 100 valence electrons. The van der Waals surface area contributed by atoms with Crippen molar-refractivity contribution in [3.63, 3.8) is 0 Å². The molecule has 0 aliphatic carbocycles. The molecule has 1 heterocycles. The van der Waals surface area contributed by atoms with Crippen LogP contribution in [0.4, 0.5) is 0 Å². The van der Waals surface area contributed by atoms with Gasteiger partial charge in [-0.3, -0.25) is 0 Å². The van der Waals surface area contributed by atoms with Gasteiger partial charge in [-0.15, -0.1) is 17.9 Å². The minimum atomic E-state index is 0.858. The fourth-order valence-electron chi connectivity index (χ4n) is 1.87. The summed E-state index contributed by atoms with van der Waals surface area (Å²) in [4.78, 5) is 4.69. The topological polar surface area (TPSA) is 24.9 Å². The Balaban J connectivity index is 1.97. The summed E-state index contributed by atoms with van der Waals surface area (Å²) in [6.45, 7) is 7.67. The van der Waals surface area contributed by atoms with E-state index in [9.17, 15) is 0 Å². The lowest BCUT2D eigenvalue weighted by Gasteiger charge is -2.00. The average molecular weight is 272 g/mol. The Labute approximate surface area is 119 Å². The lowest BCUT2D eigenvalue weighted by atomic mass is 10.1. The van der Waals surface area contributed by atoms with Crippen LogP contribution >= 0.6 is 11.3 Å². The quantitative estimate of drug-likeness (QED) is 0.614. The van der Waals surface area contributed by atoms with E-state index in [0.29, 0.717) is 0 Å². The first-order chi connectivity index (χ1) is 9.33. The van der Waals surface area contributed by atoms with Crippen molar-refractivity contribution in [1.29, 1.82) is 0 Å². The third kappa shape index (κ3) is 4.01. The molecule has 0 unspecified atom stereocenters. The van der Waals surface area contributed by atoms with Crippen LogP contribution in [0, 0.1) is 0 Å². The molecular formula is C16H20N2S. The first kappa shape index (κ1) is 14.0. The molecule has 2 nitrogen and oxygen atoms in total. The van der Waals surface area contributed by atoms with Gasteiger partial charge >= 0.3 is 0 Å². The summed E-state index contributed by atoms with van der Waals surface area (Å²) in [5.41, 5.74) is 3.66. The van der Waals surface area contributed by atoms with Gasteiger partial charge in [0.25, 0.3) is 0 Å². The van der Waals surface area contributed by atoms with E-state index in [4.69, 9.17) is 0 Å². The van der Waals surface area contributed by atoms with Gasteiger partial charge in [-0.25, -0.2) is 4.98 Å². The van der Waals surface area contributed by atoms with E-state index in [1.807, 2.05) is 6.08 Å². The van der Waals surface area contributed by atoms with Crippen molar-refractivity contribution in [3.8, 4) is 11.3 Å². The predicted octanol–water partition coefficient (Wildman–Crippen LogP) is 3.69. The number of thiazole rings is 1. The van der Waals surface area contributed by atoms with Crippen LogP contribution in [0.25, 0.3) is 11.3 Å². The van der Waals surface area contributed by atoms with Crippen LogP contribution in [-0.2, 0) is 12.8 Å². The Kier molecular flexibility index (Phi) is 5.31. The summed E-state index contributed by atoms with van der Waals surface area (Å²) in [5, 5.41) is 6.63. The number of rotatable bonds is 7. The second kappa shape index (κ2) is 7.22. The van der Waals surface area contributed by atoms with Crippen molar-refractivity contribution in [3.05, 3.63) is 52.9 Å². The number of nitrogens with one attached hydrogen (secondary N) is 1. The Hall–Kier alpha value is -1.45. The van der Waals surface area contributed by atoms with E-state index in [2.05, 4.69) is 53.4 Å². The third-order valence-corrected chi connectivity index (χ3v) is 3.92. The van der Waals surface area contributed by atoms with Gasteiger partial charge in [0.1, 0.15) is 0 Å². The van der Waals surface area contributed by atoms with E-state index in [1.54, 1.807) is 11.3 Å². The van der Waals surface area contributed by atoms with Crippen LogP contribution in [0.5, 0.6) is 0 Å². The molecule has 0 saturated carbocycles. The van der Waals surface area contributed by atoms with Crippen LogP contribution in [0.15, 0.2) is 42.3 Å². The predicted molar refractivity (Wildman–Crippen MR) is 83.7 cm³/mol. The summed E-state index contributed by atoms with van der Waals surface area (Å²) < 4.78 is 0. The summed E-state index contributed by atoms with van der Waals surface area (Å²) in [7, 11) is 0. The van der Waals surface area contributed by atoms with E-state index < -0.39 is 0 Å². The zero-order valence-corrected chi connectivity index (χ0v) is 12.2. The van der Waals surface area contributed by atoms with Gasteiger partial charge in [-0.1, -0.05) is 37.3 Å². The number of hydrogen-bond donors (Lipinski definition) is 1. The molecule has 0 amide bonds. The van der Waals surface area contributed by atoms with Gasteiger partial charge < -0.3 is 5.32 Å². The van der Waals surface area contributed by atoms with Crippen LogP contribution in [-0.4, -0.2) is 18.1 Å². The summed E-state index contributed by atoms with van der Waals surface area (Å²) in [6, 6.07) is 8.68. The van der Waals surface area contributed by atoms with E-state index in [1.165, 1.54) is 16.1 Å². The first-order valence-electron chi connectivity index (χ1n) is 6.68. The minimum Gasteiger partial charge on any atom is -0.313 e. The second-order valence-electron chi connectivity index (χ2n) is 4.42. The van der Waals surface area contributed by atoms with Gasteiger partial charge in [0.2, 0.25) is 0 Å². The molecule has 0 bridgehead atoms. The lowest BCUT2D eigenvalue weighted by molar-refractivity contribution is 0.742. The molecular weight excluding hydrogens is 252 g/mol. The Bertz CT molecular complexity index is 514. The maximum absolute atomic E-state index is 4.69. The molecule has 2 rings (SSSR count). The molecule has 1 N–H and O–H groups in total. The second-order valence-corrected chi connectivity index (χ2v) is 5.36. The van der Waals surface area contributed by atoms with Crippen molar-refractivity contribution >= 4 is 11.3 Å². The molecule has 0 fully saturated rings. The maximum Gasteiger partial charge on any atom is 0.0945 e. The smallest absolute Gasteiger partial charge is 0.0945 e. The van der Waals surface area contributed by atoms with Gasteiger partial charge in [-0.05, 0) is 12.0 Å². The maximum atomic E-state index is 4.69. The summed E-state index contributed by atoms with van der Waals surface area (Å²) in [6.07, 6.45) is 3.94. The Morgan fingerprint density at radius 3 is 2.79 bits per heavy atom. The highest BCUT2D eigenvalue weighted by molar-refractivity contribution is 7.09. The molecule has 1 aromatic carbocycles. The monoisotopic (exact) mass is 272 g/mol. The number of hydrogen-bond acceptors (Lipinski definition) is 3. The number of nitrogens with zero attached hydrogens (tertiary/aromatic N) is 1. The number of aryl methyl sites for hydroxylation is 1. The fourth-order valence-corrected chi connectivity index (χ4v) is 2.68. The van der Waals surface area contributed by atoms with Crippen molar-refractivity contribution in [1.82, 2.24) is 10.3 Å². The highest BCUT2D eigenvalue weighted by atomic mass is 32.1. The van der Waals surface area contributed by atoms with Crippen LogP contribution in [0.2, 0.25) is 0 Å². The molecule has 19 heavy (non-hydrogen) atoms. The van der Waals surface area contributed by atoms with Gasteiger partial charge in [0.05, 0.1) is 10.7 Å². The molecule has 3 heteroatoms. The molecule has 2 aromatic rings.